The van der Waals surface area contributed by atoms with Crippen molar-refractivity contribution in [1.29, 1.82) is 0 Å². The Kier molecular flexibility index (Phi) is 3.19. The summed E-state index contributed by atoms with van der Waals surface area (Å²) in [5.41, 5.74) is 7.15. The first kappa shape index (κ1) is 11.1. The number of anilines is 1. The maximum Gasteiger partial charge on any atom is 0.140 e. The Hall–Kier alpha value is -1.42. The van der Waals surface area contributed by atoms with Crippen molar-refractivity contribution in [2.45, 2.75) is 6.42 Å². The maximum atomic E-state index is 13.7. The molecular formula is C12H10BrFN2. The lowest BCUT2D eigenvalue weighted by Gasteiger charge is -2.05. The molecule has 0 aliphatic heterocycles. The number of nitrogen functional groups attached to an aromatic ring is 1. The highest BCUT2D eigenvalue weighted by atomic mass is 79.9. The van der Waals surface area contributed by atoms with Gasteiger partial charge < -0.3 is 5.73 Å². The minimum absolute atomic E-state index is 0.224. The van der Waals surface area contributed by atoms with Crippen molar-refractivity contribution in [3.8, 4) is 0 Å². The summed E-state index contributed by atoms with van der Waals surface area (Å²) in [5, 5.41) is 0. The lowest BCUT2D eigenvalue weighted by molar-refractivity contribution is 0.607. The van der Waals surface area contributed by atoms with Crippen LogP contribution < -0.4 is 5.73 Å². The molecule has 16 heavy (non-hydrogen) atoms. The molecule has 0 aliphatic rings. The quantitative estimate of drug-likeness (QED) is 0.918. The summed E-state index contributed by atoms with van der Waals surface area (Å²) in [6, 6.07) is 8.83. The van der Waals surface area contributed by atoms with E-state index in [1.807, 2.05) is 12.1 Å². The molecule has 0 aliphatic carbocycles. The van der Waals surface area contributed by atoms with E-state index in [-0.39, 0.29) is 5.82 Å². The zero-order valence-corrected chi connectivity index (χ0v) is 10.0. The molecule has 0 atom stereocenters. The van der Waals surface area contributed by atoms with E-state index < -0.39 is 0 Å². The summed E-state index contributed by atoms with van der Waals surface area (Å²) in [6.45, 7) is 0. The van der Waals surface area contributed by atoms with Crippen LogP contribution >= 0.6 is 15.9 Å². The summed E-state index contributed by atoms with van der Waals surface area (Å²) in [6.07, 6.45) is 2.14. The van der Waals surface area contributed by atoms with E-state index in [1.54, 1.807) is 24.4 Å². The van der Waals surface area contributed by atoms with Crippen LogP contribution in [0.3, 0.4) is 0 Å². The van der Waals surface area contributed by atoms with E-state index in [1.165, 1.54) is 0 Å². The van der Waals surface area contributed by atoms with Gasteiger partial charge in [-0.2, -0.15) is 0 Å². The molecule has 0 unspecified atom stereocenters. The van der Waals surface area contributed by atoms with Gasteiger partial charge in [0.1, 0.15) is 11.6 Å². The molecule has 0 fully saturated rings. The van der Waals surface area contributed by atoms with Crippen LogP contribution in [-0.4, -0.2) is 4.98 Å². The van der Waals surface area contributed by atoms with Gasteiger partial charge in [0.2, 0.25) is 0 Å². The van der Waals surface area contributed by atoms with Crippen LogP contribution in [0.5, 0.6) is 0 Å². The topological polar surface area (TPSA) is 38.9 Å². The van der Waals surface area contributed by atoms with Crippen LogP contribution in [-0.2, 0) is 6.42 Å². The number of nitrogens with zero attached hydrogens (tertiary/aromatic N) is 1. The Balaban J connectivity index is 2.31. The Morgan fingerprint density at radius 1 is 1.31 bits per heavy atom. The molecule has 0 radical (unpaired) electrons. The fourth-order valence-corrected chi connectivity index (χ4v) is 1.92. The summed E-state index contributed by atoms with van der Waals surface area (Å²) < 4.78 is 14.2. The third-order valence-electron chi connectivity index (χ3n) is 2.27. The fraction of sp³-hybridized carbons (Fsp3) is 0.0833. The predicted molar refractivity (Wildman–Crippen MR) is 65.6 cm³/mol. The Morgan fingerprint density at radius 2 is 2.12 bits per heavy atom. The minimum atomic E-state index is -0.224. The van der Waals surface area contributed by atoms with E-state index in [9.17, 15) is 4.39 Å². The van der Waals surface area contributed by atoms with Crippen LogP contribution in [0.15, 0.2) is 41.0 Å². The minimum Gasteiger partial charge on any atom is -0.384 e. The average molecular weight is 281 g/mol. The molecule has 0 spiro atoms. The summed E-state index contributed by atoms with van der Waals surface area (Å²) in [5.74, 6) is 0.228. The SMILES string of the molecule is Nc1cc(Cc2cccc(Br)c2F)ccn1. The van der Waals surface area contributed by atoms with Crippen molar-refractivity contribution in [2.75, 3.05) is 5.73 Å². The number of hydrogen-bond donors (Lipinski definition) is 1. The Morgan fingerprint density at radius 3 is 2.88 bits per heavy atom. The third kappa shape index (κ3) is 2.39. The van der Waals surface area contributed by atoms with Crippen molar-refractivity contribution in [3.63, 3.8) is 0 Å². The van der Waals surface area contributed by atoms with Gasteiger partial charge in [-0.1, -0.05) is 12.1 Å². The zero-order valence-electron chi connectivity index (χ0n) is 8.45. The standard InChI is InChI=1S/C12H10BrFN2/c13-10-3-1-2-9(12(10)14)6-8-4-5-16-11(15)7-8/h1-5,7H,6H2,(H2,15,16). The van der Waals surface area contributed by atoms with E-state index in [2.05, 4.69) is 20.9 Å². The van der Waals surface area contributed by atoms with Gasteiger partial charge in [0.15, 0.2) is 0 Å². The maximum absolute atomic E-state index is 13.7. The second kappa shape index (κ2) is 4.61. The van der Waals surface area contributed by atoms with Gasteiger partial charge >= 0.3 is 0 Å². The molecule has 2 nitrogen and oxygen atoms in total. The van der Waals surface area contributed by atoms with Gasteiger partial charge in [-0.05, 0) is 45.3 Å². The first-order chi connectivity index (χ1) is 7.66. The molecule has 2 rings (SSSR count). The first-order valence-electron chi connectivity index (χ1n) is 4.80. The van der Waals surface area contributed by atoms with Crippen LogP contribution in [0.1, 0.15) is 11.1 Å². The third-order valence-corrected chi connectivity index (χ3v) is 2.88. The highest BCUT2D eigenvalue weighted by Gasteiger charge is 2.06. The fourth-order valence-electron chi connectivity index (χ4n) is 1.51. The largest absolute Gasteiger partial charge is 0.384 e. The molecule has 4 heteroatoms. The van der Waals surface area contributed by atoms with Gasteiger partial charge in [0, 0.05) is 12.6 Å². The van der Waals surface area contributed by atoms with Gasteiger partial charge in [-0.25, -0.2) is 9.37 Å². The van der Waals surface area contributed by atoms with Crippen LogP contribution in [0.2, 0.25) is 0 Å². The van der Waals surface area contributed by atoms with Crippen LogP contribution in [0.25, 0.3) is 0 Å². The average Bonchev–Trinajstić information content (AvgIpc) is 2.25. The smallest absolute Gasteiger partial charge is 0.140 e. The first-order valence-corrected chi connectivity index (χ1v) is 5.59. The molecule has 0 saturated carbocycles. The number of benzene rings is 1. The summed E-state index contributed by atoms with van der Waals surface area (Å²) in [4.78, 5) is 3.90. The van der Waals surface area contributed by atoms with Gasteiger partial charge in [-0.15, -0.1) is 0 Å². The molecule has 1 heterocycles. The van der Waals surface area contributed by atoms with Crippen LogP contribution in [0.4, 0.5) is 10.2 Å². The normalized spacial score (nSPS) is 10.4. The van der Waals surface area contributed by atoms with Gasteiger partial charge in [0.05, 0.1) is 4.47 Å². The predicted octanol–water partition coefficient (Wildman–Crippen LogP) is 3.16. The van der Waals surface area contributed by atoms with E-state index >= 15 is 0 Å². The van der Waals surface area contributed by atoms with Crippen molar-refractivity contribution in [2.24, 2.45) is 0 Å². The molecule has 82 valence electrons. The van der Waals surface area contributed by atoms with Crippen molar-refractivity contribution >= 4 is 21.7 Å². The van der Waals surface area contributed by atoms with Gasteiger partial charge in [0.25, 0.3) is 0 Å². The van der Waals surface area contributed by atoms with E-state index in [0.29, 0.717) is 22.3 Å². The number of hydrogen-bond acceptors (Lipinski definition) is 2. The summed E-state index contributed by atoms with van der Waals surface area (Å²) in [7, 11) is 0. The molecule has 0 bridgehead atoms. The number of rotatable bonds is 2. The van der Waals surface area contributed by atoms with E-state index in [0.717, 1.165) is 5.56 Å². The number of nitrogens with two attached hydrogens (primary N) is 1. The molecule has 2 aromatic rings. The zero-order chi connectivity index (χ0) is 11.5. The van der Waals surface area contributed by atoms with Crippen molar-refractivity contribution in [1.82, 2.24) is 4.98 Å². The highest BCUT2D eigenvalue weighted by molar-refractivity contribution is 9.10. The second-order valence-electron chi connectivity index (χ2n) is 3.48. The van der Waals surface area contributed by atoms with Crippen molar-refractivity contribution in [3.05, 3.63) is 57.9 Å². The molecule has 1 aromatic heterocycles. The number of pyridine rings is 1. The lowest BCUT2D eigenvalue weighted by atomic mass is 10.1. The Labute approximate surface area is 101 Å². The van der Waals surface area contributed by atoms with E-state index in [4.69, 9.17) is 5.73 Å². The second-order valence-corrected chi connectivity index (χ2v) is 4.33. The molecule has 2 N–H and O–H groups in total. The van der Waals surface area contributed by atoms with Gasteiger partial charge in [-0.3, -0.25) is 0 Å². The molecular weight excluding hydrogens is 271 g/mol. The lowest BCUT2D eigenvalue weighted by Crippen LogP contribution is -1.96. The monoisotopic (exact) mass is 280 g/mol. The van der Waals surface area contributed by atoms with Crippen molar-refractivity contribution < 1.29 is 4.39 Å². The number of aromatic nitrogens is 1. The highest BCUT2D eigenvalue weighted by Crippen LogP contribution is 2.21. The van der Waals surface area contributed by atoms with Crippen LogP contribution in [0, 0.1) is 5.82 Å². The molecule has 0 saturated heterocycles. The molecule has 0 amide bonds. The number of halogens is 2. The Bertz CT molecular complexity index is 514. The summed E-state index contributed by atoms with van der Waals surface area (Å²) >= 11 is 3.16. The molecule has 1 aromatic carbocycles.